The molecule has 3 nitrogen and oxygen atoms in total. The average molecular weight is 175 g/mol. The van der Waals surface area contributed by atoms with E-state index in [4.69, 9.17) is 14.1 Å². The number of hydrogen-bond acceptors (Lipinski definition) is 3. The molecule has 0 aromatic carbocycles. The molecule has 0 saturated heterocycles. The third kappa shape index (κ3) is 4.70. The predicted molar refractivity (Wildman–Crippen MR) is 45.3 cm³/mol. The first-order chi connectivity index (χ1) is 4.85. The van der Waals surface area contributed by atoms with Crippen LogP contribution in [0.2, 0.25) is 13.1 Å². The molecule has 0 saturated carbocycles. The van der Waals surface area contributed by atoms with Crippen LogP contribution in [-0.2, 0) is 8.85 Å². The second-order valence-corrected chi connectivity index (χ2v) is 3.63. The van der Waals surface area contributed by atoms with Crippen LogP contribution in [0.25, 0.3) is 0 Å². The summed E-state index contributed by atoms with van der Waals surface area (Å²) in [6.45, 7) is 4.52. The fraction of sp³-hybridized carbons (Fsp3) is 0.800. The Morgan fingerprint density at radius 3 is 2.60 bits per heavy atom. The molecule has 0 aliphatic heterocycles. The van der Waals surface area contributed by atoms with Crippen molar-refractivity contribution in [3.05, 3.63) is 0 Å². The zero-order valence-electron chi connectivity index (χ0n) is 6.46. The number of hydrogen-bond donors (Lipinski definition) is 0. The monoisotopic (exact) mass is 175 g/mol. The molecule has 1 unspecified atom stereocenters. The molecule has 0 heterocycles. The molecule has 0 fully saturated rings. The Balaban J connectivity index is 3.33. The van der Waals surface area contributed by atoms with Crippen molar-refractivity contribution in [3.8, 4) is 6.07 Å². The molecular formula is C5H13NO2Si2. The SMILES string of the molecule is C[SiH2]OCC(C#N)O[SiH2]C. The summed E-state index contributed by atoms with van der Waals surface area (Å²) in [5.74, 6) is 0. The lowest BCUT2D eigenvalue weighted by Crippen LogP contribution is -2.19. The van der Waals surface area contributed by atoms with E-state index in [1.807, 2.05) is 19.2 Å². The molecule has 0 radical (unpaired) electrons. The molecule has 0 amide bonds. The zero-order chi connectivity index (χ0) is 7.82. The normalized spacial score (nSPS) is 14.9. The van der Waals surface area contributed by atoms with Crippen molar-refractivity contribution >= 4 is 19.5 Å². The van der Waals surface area contributed by atoms with Crippen LogP contribution in [0.15, 0.2) is 0 Å². The van der Waals surface area contributed by atoms with Gasteiger partial charge in [-0.15, -0.1) is 0 Å². The number of nitriles is 1. The van der Waals surface area contributed by atoms with E-state index in [-0.39, 0.29) is 15.9 Å². The van der Waals surface area contributed by atoms with Crippen molar-refractivity contribution in [2.45, 2.75) is 19.2 Å². The van der Waals surface area contributed by atoms with Gasteiger partial charge in [0.15, 0.2) is 25.6 Å². The van der Waals surface area contributed by atoms with Gasteiger partial charge in [0.2, 0.25) is 0 Å². The highest BCUT2D eigenvalue weighted by Crippen LogP contribution is 1.88. The molecule has 0 N–H and O–H groups in total. The Bertz CT molecular complexity index is 115. The van der Waals surface area contributed by atoms with Gasteiger partial charge in [-0.1, -0.05) is 13.1 Å². The van der Waals surface area contributed by atoms with Crippen LogP contribution in [0.5, 0.6) is 0 Å². The minimum atomic E-state index is -0.459. The van der Waals surface area contributed by atoms with E-state index in [0.29, 0.717) is 6.61 Å². The van der Waals surface area contributed by atoms with Gasteiger partial charge in [0.25, 0.3) is 0 Å². The van der Waals surface area contributed by atoms with Crippen LogP contribution in [0.4, 0.5) is 0 Å². The largest absolute Gasteiger partial charge is 0.421 e. The van der Waals surface area contributed by atoms with Crippen LogP contribution in [0, 0.1) is 11.3 Å². The van der Waals surface area contributed by atoms with E-state index in [9.17, 15) is 0 Å². The fourth-order valence-corrected chi connectivity index (χ4v) is 1.57. The lowest BCUT2D eigenvalue weighted by atomic mass is 10.4. The molecule has 0 aromatic heterocycles. The van der Waals surface area contributed by atoms with Gasteiger partial charge in [-0.05, 0) is 0 Å². The first-order valence-electron chi connectivity index (χ1n) is 3.44. The Labute approximate surface area is 66.2 Å². The van der Waals surface area contributed by atoms with Crippen molar-refractivity contribution in [1.29, 1.82) is 5.26 Å². The molecule has 0 bridgehead atoms. The van der Waals surface area contributed by atoms with Gasteiger partial charge in [0.1, 0.15) is 0 Å². The van der Waals surface area contributed by atoms with Crippen molar-refractivity contribution in [1.82, 2.24) is 0 Å². The molecule has 0 aromatic rings. The maximum atomic E-state index is 8.47. The topological polar surface area (TPSA) is 42.2 Å². The predicted octanol–water partition coefficient (Wildman–Crippen LogP) is -0.824. The molecule has 0 spiro atoms. The van der Waals surface area contributed by atoms with E-state index < -0.39 is 9.76 Å². The maximum Gasteiger partial charge on any atom is 0.160 e. The van der Waals surface area contributed by atoms with Gasteiger partial charge in [0, 0.05) is 0 Å². The first-order valence-corrected chi connectivity index (χ1v) is 7.42. The number of nitrogens with zero attached hydrogens (tertiary/aromatic N) is 1. The Hall–Kier alpha value is -0.156. The Kier molecular flexibility index (Phi) is 6.85. The minimum Gasteiger partial charge on any atom is -0.421 e. The highest BCUT2D eigenvalue weighted by molar-refractivity contribution is 6.25. The van der Waals surface area contributed by atoms with Crippen LogP contribution in [0.1, 0.15) is 0 Å². The standard InChI is InChI=1S/C5H13NO2Si2/c1-9-7-4-5(3-6)8-10-2/h5H,4,9-10H2,1-2H3. The lowest BCUT2D eigenvalue weighted by Gasteiger charge is -2.08. The number of rotatable bonds is 5. The quantitative estimate of drug-likeness (QED) is 0.513. The van der Waals surface area contributed by atoms with Gasteiger partial charge >= 0.3 is 0 Å². The highest BCUT2D eigenvalue weighted by Gasteiger charge is 2.03. The van der Waals surface area contributed by atoms with E-state index in [1.54, 1.807) is 0 Å². The van der Waals surface area contributed by atoms with E-state index in [0.717, 1.165) is 0 Å². The fourth-order valence-electron chi connectivity index (χ4n) is 0.549. The van der Waals surface area contributed by atoms with Crippen molar-refractivity contribution in [2.24, 2.45) is 0 Å². The summed E-state index contributed by atoms with van der Waals surface area (Å²) in [5.41, 5.74) is 0. The molecule has 0 aliphatic carbocycles. The van der Waals surface area contributed by atoms with Gasteiger partial charge in [-0.3, -0.25) is 0 Å². The second-order valence-electron chi connectivity index (χ2n) is 1.73. The third-order valence-corrected chi connectivity index (χ3v) is 2.36. The van der Waals surface area contributed by atoms with Crippen LogP contribution in [-0.4, -0.2) is 32.2 Å². The Morgan fingerprint density at radius 2 is 2.20 bits per heavy atom. The summed E-state index contributed by atoms with van der Waals surface area (Å²) < 4.78 is 10.3. The Morgan fingerprint density at radius 1 is 1.50 bits per heavy atom. The molecular weight excluding hydrogens is 162 g/mol. The van der Waals surface area contributed by atoms with Crippen LogP contribution >= 0.6 is 0 Å². The van der Waals surface area contributed by atoms with Gasteiger partial charge < -0.3 is 8.85 Å². The van der Waals surface area contributed by atoms with E-state index in [2.05, 4.69) is 0 Å². The van der Waals surface area contributed by atoms with Crippen molar-refractivity contribution < 1.29 is 8.85 Å². The summed E-state index contributed by atoms with van der Waals surface area (Å²) in [6, 6.07) is 2.05. The molecule has 10 heavy (non-hydrogen) atoms. The lowest BCUT2D eigenvalue weighted by molar-refractivity contribution is 0.181. The summed E-state index contributed by atoms with van der Waals surface area (Å²) in [4.78, 5) is 0. The minimum absolute atomic E-state index is 0.302. The van der Waals surface area contributed by atoms with Crippen molar-refractivity contribution in [2.75, 3.05) is 6.61 Å². The van der Waals surface area contributed by atoms with Gasteiger partial charge in [-0.2, -0.15) is 5.26 Å². The molecule has 0 rings (SSSR count). The molecule has 0 aliphatic rings. The van der Waals surface area contributed by atoms with Crippen LogP contribution in [0.3, 0.4) is 0 Å². The molecule has 1 atom stereocenters. The first kappa shape index (κ1) is 9.84. The summed E-state index contributed by atoms with van der Waals surface area (Å²) in [6.07, 6.45) is -0.302. The van der Waals surface area contributed by atoms with E-state index in [1.165, 1.54) is 0 Å². The summed E-state index contributed by atoms with van der Waals surface area (Å²) in [5, 5.41) is 8.47. The second kappa shape index (κ2) is 6.96. The average Bonchev–Trinajstić information content (AvgIpc) is 1.98. The van der Waals surface area contributed by atoms with Crippen LogP contribution < -0.4 is 0 Å². The molecule has 5 heteroatoms. The zero-order valence-corrected chi connectivity index (χ0v) is 9.29. The van der Waals surface area contributed by atoms with Gasteiger partial charge in [-0.25, -0.2) is 0 Å². The smallest absolute Gasteiger partial charge is 0.160 e. The summed E-state index contributed by atoms with van der Waals surface area (Å²) in [7, 11) is -0.830. The highest BCUT2D eigenvalue weighted by atomic mass is 28.2. The summed E-state index contributed by atoms with van der Waals surface area (Å²) >= 11 is 0. The molecule has 58 valence electrons. The van der Waals surface area contributed by atoms with E-state index >= 15 is 0 Å². The van der Waals surface area contributed by atoms with Gasteiger partial charge in [0.05, 0.1) is 12.7 Å². The van der Waals surface area contributed by atoms with Crippen molar-refractivity contribution in [3.63, 3.8) is 0 Å². The maximum absolute atomic E-state index is 8.47. The third-order valence-electron chi connectivity index (χ3n) is 0.985.